The van der Waals surface area contributed by atoms with E-state index in [4.69, 9.17) is 5.84 Å². The first-order chi connectivity index (χ1) is 9.20. The molecule has 0 aliphatic heterocycles. The topological polar surface area (TPSA) is 92.0 Å². The van der Waals surface area contributed by atoms with Gasteiger partial charge < -0.3 is 10.2 Å². The molecule has 1 aliphatic carbocycles. The molecule has 0 atom stereocenters. The van der Waals surface area contributed by atoms with E-state index in [1.165, 1.54) is 0 Å². The minimum Gasteiger partial charge on any atom is -0.354 e. The second-order valence-electron chi connectivity index (χ2n) is 6.70. The summed E-state index contributed by atoms with van der Waals surface area (Å²) in [6, 6.07) is 0. The van der Waals surface area contributed by atoms with Gasteiger partial charge in [-0.15, -0.1) is 0 Å². The summed E-state index contributed by atoms with van der Waals surface area (Å²) in [4.78, 5) is 14.6. The molecule has 1 aliphatic rings. The maximum atomic E-state index is 5.39. The number of anilines is 3. The summed E-state index contributed by atoms with van der Waals surface area (Å²) >= 11 is 0. The minimum atomic E-state index is 0.340. The third kappa shape index (κ3) is 2.37. The fourth-order valence-corrected chi connectivity index (χ4v) is 2.75. The Labute approximate surface area is 120 Å². The molecule has 7 nitrogen and oxygen atoms in total. The van der Waals surface area contributed by atoms with E-state index in [9.17, 15) is 0 Å². The Morgan fingerprint density at radius 3 is 2.05 bits per heavy atom. The smallest absolute Gasteiger partial charge is 0.243 e. The van der Waals surface area contributed by atoms with Gasteiger partial charge in [0.05, 0.1) is 0 Å². The molecule has 0 spiro atoms. The predicted octanol–water partition coefficient (Wildman–Crippen LogP) is 1.32. The number of nitrogens with one attached hydrogen (secondary N) is 2. The lowest BCUT2D eigenvalue weighted by molar-refractivity contribution is 0.457. The van der Waals surface area contributed by atoms with Gasteiger partial charge in [-0.2, -0.15) is 15.0 Å². The highest BCUT2D eigenvalue weighted by molar-refractivity contribution is 5.42. The summed E-state index contributed by atoms with van der Waals surface area (Å²) in [7, 11) is 3.76. The third-order valence-electron chi connectivity index (χ3n) is 4.94. The van der Waals surface area contributed by atoms with Crippen molar-refractivity contribution in [3.63, 3.8) is 0 Å². The van der Waals surface area contributed by atoms with Gasteiger partial charge in [-0.05, 0) is 16.7 Å². The quantitative estimate of drug-likeness (QED) is 0.553. The van der Waals surface area contributed by atoms with Crippen LogP contribution in [0.4, 0.5) is 17.8 Å². The highest BCUT2D eigenvalue weighted by Gasteiger charge is 2.64. The molecule has 0 unspecified atom stereocenters. The normalized spacial score (nSPS) is 19.6. The standard InChI is InChI=1S/C13H25N7/c1-12(2)8(13(12,3)4)7-15-9-16-10(19-14)18-11(17-9)20(5)6/h8H,7,14H2,1-6H3,(H2,15,16,17,18,19). The van der Waals surface area contributed by atoms with Crippen LogP contribution in [0.3, 0.4) is 0 Å². The van der Waals surface area contributed by atoms with Crippen molar-refractivity contribution in [3.05, 3.63) is 0 Å². The number of nitrogen functional groups attached to an aromatic ring is 1. The summed E-state index contributed by atoms with van der Waals surface area (Å²) < 4.78 is 0. The van der Waals surface area contributed by atoms with Crippen molar-refractivity contribution in [2.24, 2.45) is 22.6 Å². The van der Waals surface area contributed by atoms with Gasteiger partial charge in [0.1, 0.15) is 0 Å². The maximum absolute atomic E-state index is 5.39. The second kappa shape index (κ2) is 4.73. The Morgan fingerprint density at radius 1 is 1.05 bits per heavy atom. The van der Waals surface area contributed by atoms with Gasteiger partial charge in [0.2, 0.25) is 17.8 Å². The number of rotatable bonds is 5. The van der Waals surface area contributed by atoms with Gasteiger partial charge in [-0.1, -0.05) is 27.7 Å². The fourth-order valence-electron chi connectivity index (χ4n) is 2.75. The van der Waals surface area contributed by atoms with Gasteiger partial charge in [-0.25, -0.2) is 5.84 Å². The largest absolute Gasteiger partial charge is 0.354 e. The summed E-state index contributed by atoms with van der Waals surface area (Å²) in [6.07, 6.45) is 0. The van der Waals surface area contributed by atoms with Gasteiger partial charge >= 0.3 is 0 Å². The van der Waals surface area contributed by atoms with Crippen molar-refractivity contribution in [3.8, 4) is 0 Å². The molecular formula is C13H25N7. The average molecular weight is 279 g/mol. The number of nitrogens with two attached hydrogens (primary N) is 1. The Balaban J connectivity index is 2.09. The van der Waals surface area contributed by atoms with Crippen LogP contribution in [0.5, 0.6) is 0 Å². The molecule has 1 fully saturated rings. The van der Waals surface area contributed by atoms with Gasteiger partial charge in [0, 0.05) is 20.6 Å². The lowest BCUT2D eigenvalue weighted by Gasteiger charge is -2.13. The van der Waals surface area contributed by atoms with Crippen LogP contribution in [-0.2, 0) is 0 Å². The first kappa shape index (κ1) is 14.8. The van der Waals surface area contributed by atoms with Crippen molar-refractivity contribution in [1.29, 1.82) is 0 Å². The van der Waals surface area contributed by atoms with E-state index in [0.29, 0.717) is 34.6 Å². The zero-order chi connectivity index (χ0) is 15.1. The Kier molecular flexibility index (Phi) is 3.49. The lowest BCUT2D eigenvalue weighted by Crippen LogP contribution is -2.20. The molecule has 112 valence electrons. The van der Waals surface area contributed by atoms with E-state index in [0.717, 1.165) is 6.54 Å². The number of aromatic nitrogens is 3. The molecule has 1 aromatic rings. The lowest BCUT2D eigenvalue weighted by atomic mass is 10.0. The summed E-state index contributed by atoms with van der Waals surface area (Å²) in [6.45, 7) is 10.0. The van der Waals surface area contributed by atoms with Crippen LogP contribution in [0, 0.1) is 16.7 Å². The van der Waals surface area contributed by atoms with Crippen LogP contribution in [-0.4, -0.2) is 35.6 Å². The Bertz CT molecular complexity index is 481. The molecule has 0 aromatic carbocycles. The van der Waals surface area contributed by atoms with Crippen LogP contribution in [0.15, 0.2) is 0 Å². The number of nitrogens with zero attached hydrogens (tertiary/aromatic N) is 4. The predicted molar refractivity (Wildman–Crippen MR) is 81.5 cm³/mol. The highest BCUT2D eigenvalue weighted by atomic mass is 15.4. The maximum Gasteiger partial charge on any atom is 0.243 e. The van der Waals surface area contributed by atoms with Crippen LogP contribution in [0.2, 0.25) is 0 Å². The molecule has 20 heavy (non-hydrogen) atoms. The SMILES string of the molecule is CN(C)c1nc(NN)nc(NCC2C(C)(C)C2(C)C)n1. The molecule has 1 saturated carbocycles. The van der Waals surface area contributed by atoms with E-state index < -0.39 is 0 Å². The molecule has 1 heterocycles. The molecular weight excluding hydrogens is 254 g/mol. The summed E-state index contributed by atoms with van der Waals surface area (Å²) in [5, 5.41) is 3.30. The van der Waals surface area contributed by atoms with Crippen LogP contribution in [0.1, 0.15) is 27.7 Å². The van der Waals surface area contributed by atoms with Crippen LogP contribution < -0.4 is 21.5 Å². The first-order valence-corrected chi connectivity index (χ1v) is 6.84. The number of hydrogen-bond acceptors (Lipinski definition) is 7. The molecule has 4 N–H and O–H groups in total. The molecule has 0 bridgehead atoms. The van der Waals surface area contributed by atoms with E-state index in [2.05, 4.69) is 53.4 Å². The van der Waals surface area contributed by atoms with E-state index in [1.807, 2.05) is 19.0 Å². The fraction of sp³-hybridized carbons (Fsp3) is 0.769. The van der Waals surface area contributed by atoms with Crippen molar-refractivity contribution in [2.45, 2.75) is 27.7 Å². The van der Waals surface area contributed by atoms with E-state index in [1.54, 1.807) is 0 Å². The van der Waals surface area contributed by atoms with E-state index >= 15 is 0 Å². The minimum absolute atomic E-state index is 0.340. The van der Waals surface area contributed by atoms with Gasteiger partial charge in [0.15, 0.2) is 0 Å². The average Bonchev–Trinajstić information content (AvgIpc) is 2.76. The Morgan fingerprint density at radius 2 is 1.60 bits per heavy atom. The van der Waals surface area contributed by atoms with Crippen LogP contribution >= 0.6 is 0 Å². The molecule has 7 heteroatoms. The highest BCUT2D eigenvalue weighted by Crippen LogP contribution is 2.68. The van der Waals surface area contributed by atoms with Crippen molar-refractivity contribution in [1.82, 2.24) is 15.0 Å². The zero-order valence-electron chi connectivity index (χ0n) is 13.2. The van der Waals surface area contributed by atoms with Crippen LogP contribution in [0.25, 0.3) is 0 Å². The number of hydrogen-bond donors (Lipinski definition) is 3. The zero-order valence-corrected chi connectivity index (χ0v) is 13.2. The summed E-state index contributed by atoms with van der Waals surface area (Å²) in [5.74, 6) is 7.48. The van der Waals surface area contributed by atoms with Crippen molar-refractivity contribution < 1.29 is 0 Å². The molecule has 0 amide bonds. The second-order valence-corrected chi connectivity index (χ2v) is 6.70. The monoisotopic (exact) mass is 279 g/mol. The molecule has 2 rings (SSSR count). The summed E-state index contributed by atoms with van der Waals surface area (Å²) in [5.41, 5.74) is 3.15. The molecule has 0 radical (unpaired) electrons. The third-order valence-corrected chi connectivity index (χ3v) is 4.94. The number of hydrazine groups is 1. The molecule has 0 saturated heterocycles. The molecule has 1 aromatic heterocycles. The van der Waals surface area contributed by atoms with Gasteiger partial charge in [-0.3, -0.25) is 5.43 Å². The van der Waals surface area contributed by atoms with Crippen molar-refractivity contribution in [2.75, 3.05) is 36.3 Å². The van der Waals surface area contributed by atoms with E-state index in [-0.39, 0.29) is 0 Å². The van der Waals surface area contributed by atoms with Crippen molar-refractivity contribution >= 4 is 17.8 Å². The Hall–Kier alpha value is -1.63. The first-order valence-electron chi connectivity index (χ1n) is 6.84. The van der Waals surface area contributed by atoms with Gasteiger partial charge in [0.25, 0.3) is 0 Å².